The van der Waals surface area contributed by atoms with E-state index in [-0.39, 0.29) is 11.7 Å². The van der Waals surface area contributed by atoms with E-state index in [9.17, 15) is 4.79 Å². The third kappa shape index (κ3) is 6.71. The number of carbonyl (C=O) groups is 1. The van der Waals surface area contributed by atoms with Gasteiger partial charge in [-0.05, 0) is 47.5 Å². The standard InChI is InChI=1S/C28H29N3O4/c1-33-25-13-11-22(16-27(25)34-2)19-31(18-21-8-4-3-5-9-21)20-24-12-14-26(35-24)28(32)30-17-23-10-6-7-15-29-23/h3-16H,17-20H2,1-2H3,(H,30,32). The fourth-order valence-corrected chi connectivity index (χ4v) is 3.81. The van der Waals surface area contributed by atoms with Gasteiger partial charge in [-0.2, -0.15) is 0 Å². The van der Waals surface area contributed by atoms with Crippen molar-refractivity contribution in [1.82, 2.24) is 15.2 Å². The van der Waals surface area contributed by atoms with Crippen LogP contribution in [-0.4, -0.2) is 30.0 Å². The van der Waals surface area contributed by atoms with Crippen LogP contribution in [0.15, 0.2) is 89.5 Å². The van der Waals surface area contributed by atoms with Crippen LogP contribution in [0.25, 0.3) is 0 Å². The molecule has 0 aliphatic carbocycles. The summed E-state index contributed by atoms with van der Waals surface area (Å²) >= 11 is 0. The van der Waals surface area contributed by atoms with Crippen LogP contribution < -0.4 is 14.8 Å². The number of pyridine rings is 1. The normalized spacial score (nSPS) is 10.8. The quantitative estimate of drug-likeness (QED) is 0.338. The van der Waals surface area contributed by atoms with E-state index in [1.165, 1.54) is 5.56 Å². The molecule has 0 saturated heterocycles. The second kappa shape index (κ2) is 11.9. The van der Waals surface area contributed by atoms with Crippen molar-refractivity contribution in [3.63, 3.8) is 0 Å². The van der Waals surface area contributed by atoms with Gasteiger partial charge >= 0.3 is 0 Å². The van der Waals surface area contributed by atoms with Crippen molar-refractivity contribution in [2.24, 2.45) is 0 Å². The fraction of sp³-hybridized carbons (Fsp3) is 0.214. The minimum atomic E-state index is -0.267. The van der Waals surface area contributed by atoms with E-state index < -0.39 is 0 Å². The maximum atomic E-state index is 12.6. The number of nitrogens with one attached hydrogen (secondary N) is 1. The van der Waals surface area contributed by atoms with Gasteiger partial charge in [0.05, 0.1) is 33.0 Å². The maximum absolute atomic E-state index is 12.6. The number of amides is 1. The number of ether oxygens (including phenoxy) is 2. The number of aromatic nitrogens is 1. The third-order valence-corrected chi connectivity index (χ3v) is 5.52. The Bertz CT molecular complexity index is 1230. The van der Waals surface area contributed by atoms with Gasteiger partial charge in [0.2, 0.25) is 0 Å². The average Bonchev–Trinajstić information content (AvgIpc) is 3.37. The lowest BCUT2D eigenvalue weighted by atomic mass is 10.1. The highest BCUT2D eigenvalue weighted by Crippen LogP contribution is 2.28. The number of hydrogen-bond acceptors (Lipinski definition) is 6. The lowest BCUT2D eigenvalue weighted by Gasteiger charge is -2.22. The van der Waals surface area contributed by atoms with Gasteiger partial charge in [-0.3, -0.25) is 14.7 Å². The molecule has 0 fully saturated rings. The van der Waals surface area contributed by atoms with Crippen molar-refractivity contribution in [3.8, 4) is 11.5 Å². The number of benzene rings is 2. The van der Waals surface area contributed by atoms with E-state index in [2.05, 4.69) is 27.3 Å². The molecule has 0 unspecified atom stereocenters. The Hall–Kier alpha value is -4.10. The molecule has 2 heterocycles. The lowest BCUT2D eigenvalue weighted by molar-refractivity contribution is 0.0918. The van der Waals surface area contributed by atoms with Crippen LogP contribution in [0.2, 0.25) is 0 Å². The second-order valence-electron chi connectivity index (χ2n) is 8.09. The molecule has 0 bridgehead atoms. The summed E-state index contributed by atoms with van der Waals surface area (Å²) in [7, 11) is 3.26. The van der Waals surface area contributed by atoms with E-state index in [1.54, 1.807) is 26.5 Å². The van der Waals surface area contributed by atoms with Crippen LogP contribution in [0.3, 0.4) is 0 Å². The van der Waals surface area contributed by atoms with Crippen molar-refractivity contribution in [3.05, 3.63) is 113 Å². The Labute approximate surface area is 205 Å². The minimum Gasteiger partial charge on any atom is -0.493 e. The van der Waals surface area contributed by atoms with Crippen molar-refractivity contribution in [2.45, 2.75) is 26.2 Å². The first-order valence-electron chi connectivity index (χ1n) is 11.4. The summed E-state index contributed by atoms with van der Waals surface area (Å²) < 4.78 is 16.7. The smallest absolute Gasteiger partial charge is 0.287 e. The van der Waals surface area contributed by atoms with Gasteiger partial charge in [0.1, 0.15) is 5.76 Å². The largest absolute Gasteiger partial charge is 0.493 e. The molecule has 1 amide bonds. The van der Waals surface area contributed by atoms with Gasteiger partial charge in [-0.1, -0.05) is 42.5 Å². The Kier molecular flexibility index (Phi) is 8.14. The van der Waals surface area contributed by atoms with Crippen LogP contribution in [0, 0.1) is 0 Å². The first-order valence-corrected chi connectivity index (χ1v) is 11.4. The Morgan fingerprint density at radius 1 is 0.857 bits per heavy atom. The van der Waals surface area contributed by atoms with Gasteiger partial charge in [0, 0.05) is 19.3 Å². The average molecular weight is 472 g/mol. The molecule has 180 valence electrons. The lowest BCUT2D eigenvalue weighted by Crippen LogP contribution is -2.23. The van der Waals surface area contributed by atoms with Crippen LogP contribution in [-0.2, 0) is 26.2 Å². The predicted octanol–water partition coefficient (Wildman–Crippen LogP) is 4.82. The molecule has 7 nitrogen and oxygen atoms in total. The van der Waals surface area contributed by atoms with E-state index in [1.807, 2.05) is 60.7 Å². The van der Waals surface area contributed by atoms with E-state index in [0.29, 0.717) is 36.9 Å². The number of furan rings is 1. The molecule has 1 N–H and O–H groups in total. The van der Waals surface area contributed by atoms with Gasteiger partial charge in [-0.15, -0.1) is 0 Å². The van der Waals surface area contributed by atoms with Crippen LogP contribution in [0.5, 0.6) is 11.5 Å². The number of carbonyl (C=O) groups excluding carboxylic acids is 1. The fourth-order valence-electron chi connectivity index (χ4n) is 3.81. The third-order valence-electron chi connectivity index (χ3n) is 5.52. The zero-order valence-corrected chi connectivity index (χ0v) is 19.9. The summed E-state index contributed by atoms with van der Waals surface area (Å²) in [6.07, 6.45) is 1.70. The topological polar surface area (TPSA) is 76.8 Å². The molecule has 35 heavy (non-hydrogen) atoms. The molecular formula is C28H29N3O4. The molecule has 0 aliphatic heterocycles. The van der Waals surface area contributed by atoms with Gasteiger partial charge in [-0.25, -0.2) is 0 Å². The SMILES string of the molecule is COc1ccc(CN(Cc2ccccc2)Cc2ccc(C(=O)NCc3ccccn3)o2)cc1OC. The number of methoxy groups -OCH3 is 2. The van der Waals surface area contributed by atoms with Crippen molar-refractivity contribution >= 4 is 5.91 Å². The molecule has 4 rings (SSSR count). The van der Waals surface area contributed by atoms with Crippen LogP contribution in [0.1, 0.15) is 33.1 Å². The molecule has 0 saturated carbocycles. The molecule has 0 atom stereocenters. The van der Waals surface area contributed by atoms with Crippen molar-refractivity contribution in [2.75, 3.05) is 14.2 Å². The zero-order valence-electron chi connectivity index (χ0n) is 19.9. The Morgan fingerprint density at radius 3 is 2.37 bits per heavy atom. The number of rotatable bonds is 11. The molecule has 2 aromatic carbocycles. The summed E-state index contributed by atoms with van der Waals surface area (Å²) in [5.74, 6) is 2.11. The Morgan fingerprint density at radius 2 is 1.63 bits per heavy atom. The summed E-state index contributed by atoms with van der Waals surface area (Å²) in [4.78, 5) is 19.0. The predicted molar refractivity (Wildman–Crippen MR) is 133 cm³/mol. The highest BCUT2D eigenvalue weighted by molar-refractivity contribution is 5.91. The van der Waals surface area contributed by atoms with Gasteiger partial charge in [0.25, 0.3) is 5.91 Å². The molecular weight excluding hydrogens is 442 g/mol. The first-order chi connectivity index (χ1) is 17.1. The highest BCUT2D eigenvalue weighted by Gasteiger charge is 2.16. The van der Waals surface area contributed by atoms with Gasteiger partial charge in [0.15, 0.2) is 17.3 Å². The highest BCUT2D eigenvalue weighted by atomic mass is 16.5. The minimum absolute atomic E-state index is 0.267. The monoisotopic (exact) mass is 471 g/mol. The Balaban J connectivity index is 1.46. The molecule has 0 spiro atoms. The summed E-state index contributed by atoms with van der Waals surface area (Å²) in [5.41, 5.74) is 3.06. The summed E-state index contributed by atoms with van der Waals surface area (Å²) in [5, 5.41) is 2.85. The van der Waals surface area contributed by atoms with Crippen molar-refractivity contribution in [1.29, 1.82) is 0 Å². The molecule has 7 heteroatoms. The molecule has 0 radical (unpaired) electrons. The van der Waals surface area contributed by atoms with E-state index in [0.717, 1.165) is 17.8 Å². The summed E-state index contributed by atoms with van der Waals surface area (Å²) in [6.45, 7) is 2.26. The van der Waals surface area contributed by atoms with E-state index in [4.69, 9.17) is 13.9 Å². The van der Waals surface area contributed by atoms with Crippen molar-refractivity contribution < 1.29 is 18.7 Å². The molecule has 0 aliphatic rings. The molecule has 2 aromatic heterocycles. The first kappa shape index (κ1) is 24.0. The van der Waals surface area contributed by atoms with Crippen LogP contribution >= 0.6 is 0 Å². The maximum Gasteiger partial charge on any atom is 0.287 e. The summed E-state index contributed by atoms with van der Waals surface area (Å²) in [6, 6.07) is 25.3. The van der Waals surface area contributed by atoms with E-state index >= 15 is 0 Å². The zero-order chi connectivity index (χ0) is 24.5. The number of hydrogen-bond donors (Lipinski definition) is 1. The second-order valence-corrected chi connectivity index (χ2v) is 8.09. The van der Waals surface area contributed by atoms with Gasteiger partial charge < -0.3 is 19.2 Å². The van der Waals surface area contributed by atoms with Crippen LogP contribution in [0.4, 0.5) is 0 Å². The molecule has 4 aromatic rings. The number of nitrogens with zero attached hydrogens (tertiary/aromatic N) is 2.